The van der Waals surface area contributed by atoms with Crippen molar-refractivity contribution in [3.05, 3.63) is 29.6 Å². The second-order valence-corrected chi connectivity index (χ2v) is 3.93. The Hall–Kier alpha value is -1.38. The van der Waals surface area contributed by atoms with Gasteiger partial charge in [0.2, 0.25) is 0 Å². The molecule has 1 aliphatic carbocycles. The number of carbonyl (C=O) groups excluding carboxylic acids is 1. The molecule has 0 N–H and O–H groups in total. The zero-order valence-electron chi connectivity index (χ0n) is 9.06. The molecule has 0 spiro atoms. The predicted molar refractivity (Wildman–Crippen MR) is 56.5 cm³/mol. The van der Waals surface area contributed by atoms with Crippen LogP contribution in [-0.4, -0.2) is 17.6 Å². The van der Waals surface area contributed by atoms with Gasteiger partial charge in [-0.05, 0) is 37.8 Å². The Kier molecular flexibility index (Phi) is 2.71. The van der Waals surface area contributed by atoms with E-state index >= 15 is 0 Å². The van der Waals surface area contributed by atoms with Gasteiger partial charge in [0.1, 0.15) is 0 Å². The molecule has 2 unspecified atom stereocenters. The largest absolute Gasteiger partial charge is 0.466 e. The van der Waals surface area contributed by atoms with Crippen molar-refractivity contribution in [1.29, 1.82) is 0 Å². The van der Waals surface area contributed by atoms with Crippen molar-refractivity contribution >= 4 is 5.97 Å². The number of hydrogen-bond acceptors (Lipinski definition) is 3. The molecule has 1 heterocycles. The maximum absolute atomic E-state index is 11.4. The van der Waals surface area contributed by atoms with E-state index in [4.69, 9.17) is 4.74 Å². The maximum atomic E-state index is 11.4. The van der Waals surface area contributed by atoms with Gasteiger partial charge in [0.05, 0.1) is 12.5 Å². The molecule has 2 atom stereocenters. The van der Waals surface area contributed by atoms with Crippen molar-refractivity contribution in [3.63, 3.8) is 0 Å². The van der Waals surface area contributed by atoms with Crippen LogP contribution in [-0.2, 0) is 9.53 Å². The zero-order chi connectivity index (χ0) is 10.8. The van der Waals surface area contributed by atoms with E-state index in [1.54, 1.807) is 0 Å². The Labute approximate surface area is 89.5 Å². The third-order valence-corrected chi connectivity index (χ3v) is 2.74. The lowest BCUT2D eigenvalue weighted by molar-refractivity contribution is -0.144. The number of aromatic nitrogens is 1. The van der Waals surface area contributed by atoms with Crippen LogP contribution in [0.3, 0.4) is 0 Å². The van der Waals surface area contributed by atoms with Gasteiger partial charge in [0, 0.05) is 11.9 Å². The lowest BCUT2D eigenvalue weighted by atomic mass is 10.1. The van der Waals surface area contributed by atoms with Gasteiger partial charge < -0.3 is 4.74 Å². The molecule has 3 heteroatoms. The highest BCUT2D eigenvalue weighted by molar-refractivity contribution is 5.77. The molecule has 0 bridgehead atoms. The van der Waals surface area contributed by atoms with Crippen molar-refractivity contribution in [3.8, 4) is 0 Å². The van der Waals surface area contributed by atoms with Crippen LogP contribution in [0.2, 0.25) is 0 Å². The van der Waals surface area contributed by atoms with E-state index in [2.05, 4.69) is 4.98 Å². The molecule has 0 saturated heterocycles. The van der Waals surface area contributed by atoms with E-state index < -0.39 is 0 Å². The zero-order valence-corrected chi connectivity index (χ0v) is 9.06. The van der Waals surface area contributed by atoms with Crippen molar-refractivity contribution < 1.29 is 9.53 Å². The topological polar surface area (TPSA) is 39.2 Å². The van der Waals surface area contributed by atoms with Crippen LogP contribution in [0.25, 0.3) is 0 Å². The normalized spacial score (nSPS) is 23.6. The number of esters is 1. The molecule has 3 nitrogen and oxygen atoms in total. The van der Waals surface area contributed by atoms with Crippen LogP contribution in [0, 0.1) is 12.8 Å². The van der Waals surface area contributed by atoms with Crippen molar-refractivity contribution in [2.45, 2.75) is 26.2 Å². The Bertz CT molecular complexity index is 358. The molecule has 0 aliphatic heterocycles. The molecular formula is C12H15NO2. The van der Waals surface area contributed by atoms with E-state index in [0.717, 1.165) is 17.7 Å². The highest BCUT2D eigenvalue weighted by atomic mass is 16.5. The second-order valence-electron chi connectivity index (χ2n) is 3.93. The Morgan fingerprint density at radius 2 is 2.40 bits per heavy atom. The molecule has 1 aromatic rings. The summed E-state index contributed by atoms with van der Waals surface area (Å²) in [6.45, 7) is 4.26. The number of nitrogens with zero attached hydrogens (tertiary/aromatic N) is 1. The summed E-state index contributed by atoms with van der Waals surface area (Å²) in [5.41, 5.74) is 2.16. The predicted octanol–water partition coefficient (Wildman–Crippen LogP) is 2.06. The summed E-state index contributed by atoms with van der Waals surface area (Å²) in [6, 6.07) is 4.03. The van der Waals surface area contributed by atoms with E-state index in [1.807, 2.05) is 32.2 Å². The Morgan fingerprint density at radius 3 is 3.00 bits per heavy atom. The third kappa shape index (κ3) is 2.17. The molecule has 15 heavy (non-hydrogen) atoms. The molecule has 0 amide bonds. The third-order valence-electron chi connectivity index (χ3n) is 2.74. The van der Waals surface area contributed by atoms with Crippen LogP contribution >= 0.6 is 0 Å². The monoisotopic (exact) mass is 205 g/mol. The molecule has 0 radical (unpaired) electrons. The van der Waals surface area contributed by atoms with Crippen molar-refractivity contribution in [1.82, 2.24) is 4.98 Å². The molecule has 2 rings (SSSR count). The number of ether oxygens (including phenoxy) is 1. The lowest BCUT2D eigenvalue weighted by Gasteiger charge is -2.01. The molecule has 80 valence electrons. The quantitative estimate of drug-likeness (QED) is 0.709. The molecule has 1 fully saturated rings. The maximum Gasteiger partial charge on any atom is 0.309 e. The standard InChI is InChI=1S/C12H15NO2/c1-3-15-12(14)11-6-10(11)9-5-4-8(2)13-7-9/h4-5,7,10-11H,3,6H2,1-2H3. The highest BCUT2D eigenvalue weighted by Crippen LogP contribution is 2.47. The van der Waals surface area contributed by atoms with Gasteiger partial charge in [-0.2, -0.15) is 0 Å². The molecule has 1 aromatic heterocycles. The van der Waals surface area contributed by atoms with Gasteiger partial charge in [-0.25, -0.2) is 0 Å². The van der Waals surface area contributed by atoms with E-state index in [9.17, 15) is 4.79 Å². The minimum absolute atomic E-state index is 0.0643. The van der Waals surface area contributed by atoms with Crippen LogP contribution in [0.15, 0.2) is 18.3 Å². The number of pyridine rings is 1. The summed E-state index contributed by atoms with van der Waals surface area (Å²) in [7, 11) is 0. The minimum Gasteiger partial charge on any atom is -0.466 e. The fraction of sp³-hybridized carbons (Fsp3) is 0.500. The Morgan fingerprint density at radius 1 is 1.60 bits per heavy atom. The molecule has 0 aromatic carbocycles. The van der Waals surface area contributed by atoms with E-state index in [-0.39, 0.29) is 11.9 Å². The number of hydrogen-bond donors (Lipinski definition) is 0. The van der Waals surface area contributed by atoms with Crippen LogP contribution < -0.4 is 0 Å². The van der Waals surface area contributed by atoms with Crippen LogP contribution in [0.1, 0.15) is 30.5 Å². The SMILES string of the molecule is CCOC(=O)C1CC1c1ccc(C)nc1. The van der Waals surface area contributed by atoms with Gasteiger partial charge in [0.25, 0.3) is 0 Å². The first kappa shape index (κ1) is 10.1. The summed E-state index contributed by atoms with van der Waals surface area (Å²) in [6.07, 6.45) is 2.77. The first-order valence-corrected chi connectivity index (χ1v) is 5.31. The highest BCUT2D eigenvalue weighted by Gasteiger charge is 2.45. The smallest absolute Gasteiger partial charge is 0.309 e. The Balaban J connectivity index is 1.98. The first-order valence-electron chi connectivity index (χ1n) is 5.31. The average Bonchev–Trinajstić information content (AvgIpc) is 2.99. The lowest BCUT2D eigenvalue weighted by Crippen LogP contribution is -2.07. The van der Waals surface area contributed by atoms with Gasteiger partial charge in [-0.15, -0.1) is 0 Å². The fourth-order valence-electron chi connectivity index (χ4n) is 1.77. The second kappa shape index (κ2) is 4.01. The van der Waals surface area contributed by atoms with Crippen LogP contribution in [0.4, 0.5) is 0 Å². The van der Waals surface area contributed by atoms with E-state index in [0.29, 0.717) is 12.5 Å². The number of carbonyl (C=O) groups is 1. The van der Waals surface area contributed by atoms with E-state index in [1.165, 1.54) is 0 Å². The van der Waals surface area contributed by atoms with Gasteiger partial charge in [-0.1, -0.05) is 6.07 Å². The molecule has 1 saturated carbocycles. The van der Waals surface area contributed by atoms with Crippen LogP contribution in [0.5, 0.6) is 0 Å². The van der Waals surface area contributed by atoms with Gasteiger partial charge in [0.15, 0.2) is 0 Å². The number of rotatable bonds is 3. The van der Waals surface area contributed by atoms with Crippen molar-refractivity contribution in [2.75, 3.05) is 6.61 Å². The van der Waals surface area contributed by atoms with Gasteiger partial charge in [-0.3, -0.25) is 9.78 Å². The summed E-state index contributed by atoms with van der Waals surface area (Å²) in [5, 5.41) is 0. The summed E-state index contributed by atoms with van der Waals surface area (Å²) >= 11 is 0. The minimum atomic E-state index is -0.0666. The first-order chi connectivity index (χ1) is 7.22. The van der Waals surface area contributed by atoms with Gasteiger partial charge >= 0.3 is 5.97 Å². The molecule has 1 aliphatic rings. The van der Waals surface area contributed by atoms with Crippen molar-refractivity contribution in [2.24, 2.45) is 5.92 Å². The molecular weight excluding hydrogens is 190 g/mol. The summed E-state index contributed by atoms with van der Waals surface area (Å²) < 4.78 is 4.98. The summed E-state index contributed by atoms with van der Waals surface area (Å²) in [5.74, 6) is 0.328. The number of aryl methyl sites for hydroxylation is 1. The average molecular weight is 205 g/mol. The fourth-order valence-corrected chi connectivity index (χ4v) is 1.77. The summed E-state index contributed by atoms with van der Waals surface area (Å²) in [4.78, 5) is 15.6.